The molecule has 0 unspecified atom stereocenters. The summed E-state index contributed by atoms with van der Waals surface area (Å²) in [6, 6.07) is 3.56. The Bertz CT molecular complexity index is 438. The Hall–Kier alpha value is -1.07. The highest BCUT2D eigenvalue weighted by atomic mass is 19.3. The van der Waals surface area contributed by atoms with Crippen LogP contribution in [0.4, 0.5) is 13.2 Å². The third kappa shape index (κ3) is 2.84. The third-order valence-corrected chi connectivity index (χ3v) is 3.11. The zero-order valence-corrected chi connectivity index (χ0v) is 10.4. The SMILES string of the molecule is CC1(NCc2ccc(C(C)(F)F)cc2F)COC1. The van der Waals surface area contributed by atoms with E-state index in [-0.39, 0.29) is 11.1 Å². The molecule has 18 heavy (non-hydrogen) atoms. The second-order valence-electron chi connectivity index (χ2n) is 5.10. The summed E-state index contributed by atoms with van der Waals surface area (Å²) in [5, 5.41) is 3.16. The van der Waals surface area contributed by atoms with Gasteiger partial charge >= 0.3 is 0 Å². The van der Waals surface area contributed by atoms with Crippen molar-refractivity contribution in [3.63, 3.8) is 0 Å². The molecule has 1 fully saturated rings. The first-order valence-electron chi connectivity index (χ1n) is 5.80. The van der Waals surface area contributed by atoms with E-state index in [1.807, 2.05) is 6.92 Å². The predicted octanol–water partition coefficient (Wildman–Crippen LogP) is 2.82. The fourth-order valence-corrected chi connectivity index (χ4v) is 1.78. The molecule has 0 amide bonds. The van der Waals surface area contributed by atoms with Crippen molar-refractivity contribution in [2.45, 2.75) is 31.9 Å². The van der Waals surface area contributed by atoms with Gasteiger partial charge in [0, 0.05) is 24.6 Å². The Morgan fingerprint density at radius 1 is 1.39 bits per heavy atom. The van der Waals surface area contributed by atoms with Gasteiger partial charge in [0.15, 0.2) is 0 Å². The number of rotatable bonds is 4. The average molecular weight is 259 g/mol. The largest absolute Gasteiger partial charge is 0.377 e. The highest BCUT2D eigenvalue weighted by molar-refractivity contribution is 5.27. The molecule has 2 rings (SSSR count). The molecule has 100 valence electrons. The Morgan fingerprint density at radius 3 is 2.50 bits per heavy atom. The van der Waals surface area contributed by atoms with Crippen LogP contribution in [0.3, 0.4) is 0 Å². The highest BCUT2D eigenvalue weighted by Crippen LogP contribution is 2.28. The van der Waals surface area contributed by atoms with Gasteiger partial charge in [-0.05, 0) is 13.0 Å². The van der Waals surface area contributed by atoms with Gasteiger partial charge in [0.1, 0.15) is 5.82 Å². The van der Waals surface area contributed by atoms with Gasteiger partial charge < -0.3 is 10.1 Å². The summed E-state index contributed by atoms with van der Waals surface area (Å²) in [6.45, 7) is 4.20. The third-order valence-electron chi connectivity index (χ3n) is 3.11. The van der Waals surface area contributed by atoms with Crippen molar-refractivity contribution < 1.29 is 17.9 Å². The molecule has 1 heterocycles. The van der Waals surface area contributed by atoms with Crippen molar-refractivity contribution in [2.24, 2.45) is 0 Å². The van der Waals surface area contributed by atoms with E-state index in [2.05, 4.69) is 5.32 Å². The van der Waals surface area contributed by atoms with Gasteiger partial charge in [-0.25, -0.2) is 13.2 Å². The maximum Gasteiger partial charge on any atom is 0.270 e. The van der Waals surface area contributed by atoms with Crippen LogP contribution in [0.2, 0.25) is 0 Å². The minimum absolute atomic E-state index is 0.139. The number of halogens is 3. The Labute approximate surface area is 104 Å². The molecule has 0 aliphatic carbocycles. The molecule has 2 nitrogen and oxygen atoms in total. The van der Waals surface area contributed by atoms with Gasteiger partial charge in [-0.2, -0.15) is 0 Å². The number of benzene rings is 1. The summed E-state index contributed by atoms with van der Waals surface area (Å²) in [7, 11) is 0. The molecule has 1 N–H and O–H groups in total. The Morgan fingerprint density at radius 2 is 2.06 bits per heavy atom. The lowest BCUT2D eigenvalue weighted by atomic mass is 9.99. The second kappa shape index (κ2) is 4.55. The fourth-order valence-electron chi connectivity index (χ4n) is 1.78. The van der Waals surface area contributed by atoms with Crippen molar-refractivity contribution in [3.8, 4) is 0 Å². The highest BCUT2D eigenvalue weighted by Gasteiger charge is 2.32. The van der Waals surface area contributed by atoms with E-state index in [0.29, 0.717) is 25.3 Å². The Balaban J connectivity index is 2.06. The van der Waals surface area contributed by atoms with E-state index < -0.39 is 11.7 Å². The van der Waals surface area contributed by atoms with Crippen LogP contribution in [0.25, 0.3) is 0 Å². The van der Waals surface area contributed by atoms with Crippen molar-refractivity contribution in [1.29, 1.82) is 0 Å². The van der Waals surface area contributed by atoms with E-state index >= 15 is 0 Å². The first-order valence-corrected chi connectivity index (χ1v) is 5.80. The number of alkyl halides is 2. The molecule has 1 aliphatic rings. The van der Waals surface area contributed by atoms with Crippen LogP contribution in [-0.4, -0.2) is 18.8 Å². The van der Waals surface area contributed by atoms with Crippen LogP contribution in [0.5, 0.6) is 0 Å². The average Bonchev–Trinajstić information content (AvgIpc) is 2.23. The Kier molecular flexibility index (Phi) is 3.38. The maximum absolute atomic E-state index is 13.7. The molecule has 0 saturated carbocycles. The summed E-state index contributed by atoms with van der Waals surface area (Å²) in [6.07, 6.45) is 0. The molecular weight excluding hydrogens is 243 g/mol. The summed E-state index contributed by atoms with van der Waals surface area (Å²) in [5.74, 6) is -3.62. The van der Waals surface area contributed by atoms with Crippen molar-refractivity contribution in [2.75, 3.05) is 13.2 Å². The minimum Gasteiger partial charge on any atom is -0.377 e. The lowest BCUT2D eigenvalue weighted by molar-refractivity contribution is -0.0650. The zero-order valence-electron chi connectivity index (χ0n) is 10.4. The van der Waals surface area contributed by atoms with Gasteiger partial charge in [0.25, 0.3) is 5.92 Å². The summed E-state index contributed by atoms with van der Waals surface area (Å²) in [4.78, 5) is 0. The molecule has 0 bridgehead atoms. The standard InChI is InChI=1S/C13H16F3NO/c1-12(7-18-8-12)17-6-9-3-4-10(5-11(9)14)13(2,15)16/h3-5,17H,6-8H2,1-2H3. The van der Waals surface area contributed by atoms with E-state index in [9.17, 15) is 13.2 Å². The van der Waals surface area contributed by atoms with E-state index in [1.165, 1.54) is 12.1 Å². The predicted molar refractivity (Wildman–Crippen MR) is 62.0 cm³/mol. The van der Waals surface area contributed by atoms with Crippen LogP contribution in [0, 0.1) is 5.82 Å². The molecule has 1 aromatic carbocycles. The molecular formula is C13H16F3NO. The van der Waals surface area contributed by atoms with Crippen LogP contribution in [0.15, 0.2) is 18.2 Å². The van der Waals surface area contributed by atoms with E-state index in [0.717, 1.165) is 13.0 Å². The van der Waals surface area contributed by atoms with Gasteiger partial charge in [0.2, 0.25) is 0 Å². The summed E-state index contributed by atoms with van der Waals surface area (Å²) >= 11 is 0. The topological polar surface area (TPSA) is 21.3 Å². The van der Waals surface area contributed by atoms with Gasteiger partial charge in [-0.15, -0.1) is 0 Å². The van der Waals surface area contributed by atoms with Crippen LogP contribution < -0.4 is 5.32 Å². The van der Waals surface area contributed by atoms with Crippen LogP contribution >= 0.6 is 0 Å². The van der Waals surface area contributed by atoms with Crippen molar-refractivity contribution in [1.82, 2.24) is 5.32 Å². The molecule has 1 aliphatic heterocycles. The molecule has 0 atom stereocenters. The normalized spacial score (nSPS) is 18.5. The molecule has 1 aromatic rings. The number of nitrogens with one attached hydrogen (secondary N) is 1. The van der Waals surface area contributed by atoms with Gasteiger partial charge in [-0.3, -0.25) is 0 Å². The zero-order chi connectivity index (χ0) is 13.4. The molecule has 0 radical (unpaired) electrons. The monoisotopic (exact) mass is 259 g/mol. The first kappa shape index (κ1) is 13.4. The maximum atomic E-state index is 13.7. The molecule has 1 saturated heterocycles. The lowest BCUT2D eigenvalue weighted by Gasteiger charge is -2.39. The van der Waals surface area contributed by atoms with E-state index in [4.69, 9.17) is 4.74 Å². The smallest absolute Gasteiger partial charge is 0.270 e. The number of ether oxygens (including phenoxy) is 1. The molecule has 0 aromatic heterocycles. The van der Waals surface area contributed by atoms with Crippen LogP contribution in [0.1, 0.15) is 25.0 Å². The van der Waals surface area contributed by atoms with Crippen LogP contribution in [-0.2, 0) is 17.2 Å². The molecule has 0 spiro atoms. The quantitative estimate of drug-likeness (QED) is 0.897. The molecule has 5 heteroatoms. The number of hydrogen-bond acceptors (Lipinski definition) is 2. The lowest BCUT2D eigenvalue weighted by Crippen LogP contribution is -2.57. The number of hydrogen-bond donors (Lipinski definition) is 1. The van der Waals surface area contributed by atoms with Crippen molar-refractivity contribution in [3.05, 3.63) is 35.1 Å². The van der Waals surface area contributed by atoms with Gasteiger partial charge in [0.05, 0.1) is 18.8 Å². The fraction of sp³-hybridized carbons (Fsp3) is 0.538. The second-order valence-corrected chi connectivity index (χ2v) is 5.10. The first-order chi connectivity index (χ1) is 8.30. The van der Waals surface area contributed by atoms with Crippen molar-refractivity contribution >= 4 is 0 Å². The van der Waals surface area contributed by atoms with Gasteiger partial charge in [-0.1, -0.05) is 12.1 Å². The summed E-state index contributed by atoms with van der Waals surface area (Å²) < 4.78 is 44.8. The van der Waals surface area contributed by atoms with E-state index in [1.54, 1.807) is 0 Å². The summed E-state index contributed by atoms with van der Waals surface area (Å²) in [5.41, 5.74) is -0.0575. The minimum atomic E-state index is -3.01.